The summed E-state index contributed by atoms with van der Waals surface area (Å²) in [5, 5.41) is 5.59. The van der Waals surface area contributed by atoms with Crippen LogP contribution in [0.5, 0.6) is 0 Å². The fourth-order valence-electron chi connectivity index (χ4n) is 2.66. The number of carbonyl (C=O) groups excluding carboxylic acids is 1. The topological polar surface area (TPSA) is 63.2 Å². The van der Waals surface area contributed by atoms with Gasteiger partial charge in [-0.2, -0.15) is 0 Å². The van der Waals surface area contributed by atoms with E-state index in [2.05, 4.69) is 15.6 Å². The molecule has 2 atom stereocenters. The van der Waals surface area contributed by atoms with Gasteiger partial charge in [0.25, 0.3) is 0 Å². The van der Waals surface area contributed by atoms with Crippen LogP contribution in [0.15, 0.2) is 48.7 Å². The minimum absolute atomic E-state index is 0.116. The minimum Gasteiger partial charge on any atom is -0.376 e. The van der Waals surface area contributed by atoms with Crippen molar-refractivity contribution >= 4 is 11.8 Å². The van der Waals surface area contributed by atoms with E-state index in [1.165, 1.54) is 12.1 Å². The predicted molar refractivity (Wildman–Crippen MR) is 84.5 cm³/mol. The van der Waals surface area contributed by atoms with Crippen LogP contribution in [0.25, 0.3) is 0 Å². The standard InChI is InChI=1S/C17H18FN3O2/c18-13-8-6-12(7-9-13)16(14-4-3-11-23-14)21-17(22)20-15-5-1-2-10-19-15/h1-2,5-10,14,16H,3-4,11H2,(H2,19,20,21,22)/t14-,16-/m0/s1. The zero-order valence-electron chi connectivity index (χ0n) is 12.5. The maximum absolute atomic E-state index is 13.1. The second kappa shape index (κ2) is 7.19. The number of amides is 2. The van der Waals surface area contributed by atoms with Crippen LogP contribution in [0.2, 0.25) is 0 Å². The third-order valence-electron chi connectivity index (χ3n) is 3.76. The van der Waals surface area contributed by atoms with Crippen molar-refractivity contribution < 1.29 is 13.9 Å². The molecule has 0 bridgehead atoms. The molecule has 1 aliphatic rings. The van der Waals surface area contributed by atoms with Crippen molar-refractivity contribution in [2.24, 2.45) is 0 Å². The van der Waals surface area contributed by atoms with Gasteiger partial charge in [-0.3, -0.25) is 5.32 Å². The molecule has 0 saturated carbocycles. The summed E-state index contributed by atoms with van der Waals surface area (Å²) in [6.45, 7) is 0.673. The molecule has 2 amide bonds. The van der Waals surface area contributed by atoms with Gasteiger partial charge in [-0.1, -0.05) is 18.2 Å². The number of anilines is 1. The predicted octanol–water partition coefficient (Wildman–Crippen LogP) is 3.26. The van der Waals surface area contributed by atoms with Crippen molar-refractivity contribution in [3.8, 4) is 0 Å². The Morgan fingerprint density at radius 3 is 2.74 bits per heavy atom. The molecule has 3 rings (SSSR count). The molecule has 0 spiro atoms. The Balaban J connectivity index is 1.73. The van der Waals surface area contributed by atoms with Gasteiger partial charge in [0.2, 0.25) is 0 Å². The van der Waals surface area contributed by atoms with E-state index < -0.39 is 0 Å². The molecule has 5 nitrogen and oxygen atoms in total. The molecule has 1 fully saturated rings. The third-order valence-corrected chi connectivity index (χ3v) is 3.76. The van der Waals surface area contributed by atoms with E-state index in [1.54, 1.807) is 36.5 Å². The highest BCUT2D eigenvalue weighted by Gasteiger charge is 2.28. The van der Waals surface area contributed by atoms with Gasteiger partial charge < -0.3 is 10.1 Å². The Morgan fingerprint density at radius 2 is 2.09 bits per heavy atom. The second-order valence-corrected chi connectivity index (χ2v) is 5.39. The van der Waals surface area contributed by atoms with Gasteiger partial charge in [0, 0.05) is 12.8 Å². The summed E-state index contributed by atoms with van der Waals surface area (Å²) in [7, 11) is 0. The normalized spacial score (nSPS) is 18.4. The molecule has 2 heterocycles. The Labute approximate surface area is 133 Å². The van der Waals surface area contributed by atoms with Gasteiger partial charge in [-0.05, 0) is 42.7 Å². The largest absolute Gasteiger partial charge is 0.376 e. The van der Waals surface area contributed by atoms with Gasteiger partial charge in [-0.15, -0.1) is 0 Å². The Morgan fingerprint density at radius 1 is 1.26 bits per heavy atom. The smallest absolute Gasteiger partial charge is 0.320 e. The van der Waals surface area contributed by atoms with Crippen molar-refractivity contribution in [1.29, 1.82) is 0 Å². The summed E-state index contributed by atoms with van der Waals surface area (Å²) < 4.78 is 18.8. The lowest BCUT2D eigenvalue weighted by atomic mass is 9.99. The number of benzene rings is 1. The van der Waals surface area contributed by atoms with Crippen molar-refractivity contribution in [3.63, 3.8) is 0 Å². The van der Waals surface area contributed by atoms with E-state index in [-0.39, 0.29) is 24.0 Å². The average molecular weight is 315 g/mol. The highest BCUT2D eigenvalue weighted by atomic mass is 19.1. The monoisotopic (exact) mass is 315 g/mol. The molecular weight excluding hydrogens is 297 g/mol. The summed E-state index contributed by atoms with van der Waals surface area (Å²) in [5.74, 6) is 0.160. The average Bonchev–Trinajstić information content (AvgIpc) is 3.09. The lowest BCUT2D eigenvalue weighted by Gasteiger charge is -2.24. The van der Waals surface area contributed by atoms with Crippen molar-refractivity contribution in [2.75, 3.05) is 11.9 Å². The molecule has 23 heavy (non-hydrogen) atoms. The van der Waals surface area contributed by atoms with Crippen LogP contribution < -0.4 is 10.6 Å². The van der Waals surface area contributed by atoms with Crippen LogP contribution in [-0.4, -0.2) is 23.7 Å². The molecule has 6 heteroatoms. The number of hydrogen-bond acceptors (Lipinski definition) is 3. The number of halogens is 1. The minimum atomic E-state index is -0.367. The van der Waals surface area contributed by atoms with Crippen LogP contribution in [-0.2, 0) is 4.74 Å². The summed E-state index contributed by atoms with van der Waals surface area (Å²) in [6, 6.07) is 10.7. The first kappa shape index (κ1) is 15.4. The molecule has 0 unspecified atom stereocenters. The number of nitrogens with one attached hydrogen (secondary N) is 2. The summed E-state index contributed by atoms with van der Waals surface area (Å²) >= 11 is 0. The maximum Gasteiger partial charge on any atom is 0.320 e. The lowest BCUT2D eigenvalue weighted by molar-refractivity contribution is 0.0815. The van der Waals surface area contributed by atoms with E-state index in [1.807, 2.05) is 0 Å². The number of urea groups is 1. The van der Waals surface area contributed by atoms with Crippen molar-refractivity contribution in [3.05, 3.63) is 60.0 Å². The molecule has 0 radical (unpaired) electrons. The number of rotatable bonds is 4. The summed E-state index contributed by atoms with van der Waals surface area (Å²) in [5.41, 5.74) is 0.814. The molecule has 1 aliphatic heterocycles. The maximum atomic E-state index is 13.1. The van der Waals surface area contributed by atoms with E-state index in [0.29, 0.717) is 12.4 Å². The van der Waals surface area contributed by atoms with E-state index in [9.17, 15) is 9.18 Å². The van der Waals surface area contributed by atoms with Crippen LogP contribution in [0.4, 0.5) is 15.0 Å². The Hall–Kier alpha value is -2.47. The van der Waals surface area contributed by atoms with Gasteiger partial charge in [0.1, 0.15) is 11.6 Å². The number of carbonyl (C=O) groups is 1. The molecule has 1 aromatic heterocycles. The zero-order valence-corrected chi connectivity index (χ0v) is 12.5. The molecular formula is C17H18FN3O2. The van der Waals surface area contributed by atoms with Gasteiger partial charge in [0.15, 0.2) is 0 Å². The first-order chi connectivity index (χ1) is 11.2. The lowest BCUT2D eigenvalue weighted by Crippen LogP contribution is -2.38. The van der Waals surface area contributed by atoms with Crippen LogP contribution in [0.3, 0.4) is 0 Å². The van der Waals surface area contributed by atoms with E-state index in [0.717, 1.165) is 18.4 Å². The van der Waals surface area contributed by atoms with E-state index >= 15 is 0 Å². The van der Waals surface area contributed by atoms with Crippen molar-refractivity contribution in [2.45, 2.75) is 25.0 Å². The summed E-state index contributed by atoms with van der Waals surface area (Å²) in [6.07, 6.45) is 3.29. The van der Waals surface area contributed by atoms with Crippen LogP contribution in [0, 0.1) is 5.82 Å². The number of ether oxygens (including phenoxy) is 1. The first-order valence-corrected chi connectivity index (χ1v) is 7.58. The fraction of sp³-hybridized carbons (Fsp3) is 0.294. The molecule has 2 N–H and O–H groups in total. The molecule has 2 aromatic rings. The Kier molecular flexibility index (Phi) is 4.83. The fourth-order valence-corrected chi connectivity index (χ4v) is 2.66. The Bertz CT molecular complexity index is 643. The second-order valence-electron chi connectivity index (χ2n) is 5.39. The first-order valence-electron chi connectivity index (χ1n) is 7.58. The molecule has 0 aliphatic carbocycles. The summed E-state index contributed by atoms with van der Waals surface area (Å²) in [4.78, 5) is 16.3. The quantitative estimate of drug-likeness (QED) is 0.910. The van der Waals surface area contributed by atoms with Gasteiger partial charge >= 0.3 is 6.03 Å². The number of nitrogens with zero attached hydrogens (tertiary/aromatic N) is 1. The van der Waals surface area contributed by atoms with Crippen LogP contribution in [0.1, 0.15) is 24.4 Å². The van der Waals surface area contributed by atoms with Crippen LogP contribution >= 0.6 is 0 Å². The van der Waals surface area contributed by atoms with Gasteiger partial charge in [-0.25, -0.2) is 14.2 Å². The number of hydrogen-bond donors (Lipinski definition) is 2. The number of pyridine rings is 1. The third kappa shape index (κ3) is 4.04. The number of aromatic nitrogens is 1. The SMILES string of the molecule is O=C(Nc1ccccn1)N[C@@H](c1ccc(F)cc1)[C@@H]1CCCO1. The molecule has 120 valence electrons. The highest BCUT2D eigenvalue weighted by Crippen LogP contribution is 2.27. The van der Waals surface area contributed by atoms with Crippen molar-refractivity contribution in [1.82, 2.24) is 10.3 Å². The van der Waals surface area contributed by atoms with Gasteiger partial charge in [0.05, 0.1) is 12.1 Å². The zero-order chi connectivity index (χ0) is 16.1. The van der Waals surface area contributed by atoms with E-state index in [4.69, 9.17) is 4.74 Å². The molecule has 1 aromatic carbocycles. The molecule has 1 saturated heterocycles. The highest BCUT2D eigenvalue weighted by molar-refractivity contribution is 5.88.